The van der Waals surface area contributed by atoms with Gasteiger partial charge < -0.3 is 10.6 Å². The highest BCUT2D eigenvalue weighted by atomic mass is 19.3. The number of nitrogens with two attached hydrogens (primary N) is 1. The predicted molar refractivity (Wildman–Crippen MR) is 79.8 cm³/mol. The minimum absolute atomic E-state index is 0.0494. The number of nitrogen functional groups attached to an aromatic ring is 1. The number of benzene rings is 2. The minimum atomic E-state index is -2.55. The van der Waals surface area contributed by atoms with Gasteiger partial charge in [0.25, 0.3) is 6.43 Å². The van der Waals surface area contributed by atoms with Crippen molar-refractivity contribution in [2.75, 3.05) is 17.7 Å². The van der Waals surface area contributed by atoms with Crippen LogP contribution in [0.4, 0.5) is 25.8 Å². The lowest BCUT2D eigenvalue weighted by Crippen LogP contribution is -2.12. The van der Waals surface area contributed by atoms with Crippen LogP contribution in [0.2, 0.25) is 0 Å². The molecule has 0 aromatic heterocycles. The number of alkyl halides is 2. The van der Waals surface area contributed by atoms with Crippen molar-refractivity contribution >= 4 is 17.1 Å². The van der Waals surface area contributed by atoms with Crippen LogP contribution < -0.4 is 10.6 Å². The Morgan fingerprint density at radius 3 is 2.15 bits per heavy atom. The Labute approximate surface area is 117 Å². The Morgan fingerprint density at radius 2 is 1.60 bits per heavy atom. The van der Waals surface area contributed by atoms with Gasteiger partial charge in [-0.05, 0) is 55.3 Å². The van der Waals surface area contributed by atoms with Crippen molar-refractivity contribution in [2.45, 2.75) is 20.3 Å². The minimum Gasteiger partial charge on any atom is -0.399 e. The zero-order valence-electron chi connectivity index (χ0n) is 11.8. The van der Waals surface area contributed by atoms with E-state index >= 15 is 0 Å². The summed E-state index contributed by atoms with van der Waals surface area (Å²) in [6.07, 6.45) is -2.55. The molecule has 4 heteroatoms. The Balaban J connectivity index is 2.50. The number of rotatable bonds is 3. The topological polar surface area (TPSA) is 29.3 Å². The van der Waals surface area contributed by atoms with Gasteiger partial charge in [0.2, 0.25) is 0 Å². The maximum absolute atomic E-state index is 13.2. The van der Waals surface area contributed by atoms with Crippen LogP contribution in [-0.4, -0.2) is 7.05 Å². The van der Waals surface area contributed by atoms with Gasteiger partial charge in [-0.2, -0.15) is 0 Å². The molecule has 2 N–H and O–H groups in total. The molecule has 0 radical (unpaired) electrons. The fourth-order valence-electron chi connectivity index (χ4n) is 2.34. The summed E-state index contributed by atoms with van der Waals surface area (Å²) in [6.45, 7) is 3.97. The second-order valence-corrected chi connectivity index (χ2v) is 5.02. The molecule has 0 aliphatic carbocycles. The smallest absolute Gasteiger partial charge is 0.265 e. The highest BCUT2D eigenvalue weighted by Gasteiger charge is 2.17. The van der Waals surface area contributed by atoms with E-state index in [2.05, 4.69) is 0 Å². The molecule has 0 aliphatic rings. The Bertz CT molecular complexity index is 604. The van der Waals surface area contributed by atoms with Crippen LogP contribution in [0.3, 0.4) is 0 Å². The van der Waals surface area contributed by atoms with Crippen LogP contribution in [-0.2, 0) is 0 Å². The number of halogens is 2. The van der Waals surface area contributed by atoms with E-state index in [1.807, 2.05) is 32.0 Å². The van der Waals surface area contributed by atoms with Gasteiger partial charge in [0.1, 0.15) is 0 Å². The summed E-state index contributed by atoms with van der Waals surface area (Å²) in [7, 11) is 1.78. The highest BCUT2D eigenvalue weighted by molar-refractivity contribution is 5.69. The SMILES string of the molecule is Cc1cc(C)cc(N(C)c2ccc(N)cc2C(F)F)c1. The van der Waals surface area contributed by atoms with Gasteiger partial charge in [-0.15, -0.1) is 0 Å². The third kappa shape index (κ3) is 2.90. The molecule has 106 valence electrons. The summed E-state index contributed by atoms with van der Waals surface area (Å²) in [5.41, 5.74) is 9.45. The van der Waals surface area contributed by atoms with E-state index in [0.717, 1.165) is 16.8 Å². The van der Waals surface area contributed by atoms with E-state index in [1.165, 1.54) is 6.07 Å². The fraction of sp³-hybridized carbons (Fsp3) is 0.250. The number of nitrogens with zero attached hydrogens (tertiary/aromatic N) is 1. The van der Waals surface area contributed by atoms with Crippen LogP contribution in [0, 0.1) is 13.8 Å². The summed E-state index contributed by atoms with van der Waals surface area (Å²) >= 11 is 0. The Morgan fingerprint density at radius 1 is 1.00 bits per heavy atom. The molecule has 0 fully saturated rings. The first-order chi connectivity index (χ1) is 9.38. The first-order valence-electron chi connectivity index (χ1n) is 6.38. The number of anilines is 3. The van der Waals surface area contributed by atoms with E-state index in [4.69, 9.17) is 5.73 Å². The van der Waals surface area contributed by atoms with Crippen molar-refractivity contribution in [2.24, 2.45) is 0 Å². The van der Waals surface area contributed by atoms with Crippen LogP contribution in [0.1, 0.15) is 23.1 Å². The molecular weight excluding hydrogens is 258 g/mol. The average Bonchev–Trinajstić information content (AvgIpc) is 2.36. The van der Waals surface area contributed by atoms with E-state index < -0.39 is 6.43 Å². The summed E-state index contributed by atoms with van der Waals surface area (Å²) in [6, 6.07) is 10.6. The van der Waals surface area contributed by atoms with Gasteiger partial charge in [0, 0.05) is 29.7 Å². The third-order valence-corrected chi connectivity index (χ3v) is 3.24. The zero-order chi connectivity index (χ0) is 14.9. The summed E-state index contributed by atoms with van der Waals surface area (Å²) in [5.74, 6) is 0. The summed E-state index contributed by atoms with van der Waals surface area (Å²) in [5, 5.41) is 0. The molecule has 0 spiro atoms. The maximum atomic E-state index is 13.2. The molecule has 0 aliphatic heterocycles. The molecule has 0 saturated carbocycles. The van der Waals surface area contributed by atoms with Gasteiger partial charge in [-0.25, -0.2) is 8.78 Å². The van der Waals surface area contributed by atoms with Crippen molar-refractivity contribution < 1.29 is 8.78 Å². The fourth-order valence-corrected chi connectivity index (χ4v) is 2.34. The van der Waals surface area contributed by atoms with Crippen LogP contribution in [0.15, 0.2) is 36.4 Å². The monoisotopic (exact) mass is 276 g/mol. The van der Waals surface area contributed by atoms with Crippen molar-refractivity contribution in [1.29, 1.82) is 0 Å². The first kappa shape index (κ1) is 14.3. The molecule has 0 bridgehead atoms. The predicted octanol–water partition coefficient (Wildman–Crippen LogP) is 4.59. The lowest BCUT2D eigenvalue weighted by molar-refractivity contribution is 0.152. The van der Waals surface area contributed by atoms with E-state index in [0.29, 0.717) is 11.4 Å². The zero-order valence-corrected chi connectivity index (χ0v) is 11.8. The number of hydrogen-bond acceptors (Lipinski definition) is 2. The van der Waals surface area contributed by atoms with Gasteiger partial charge in [0.05, 0.1) is 0 Å². The normalized spacial score (nSPS) is 10.9. The Hall–Kier alpha value is -2.10. The van der Waals surface area contributed by atoms with Crippen molar-refractivity contribution in [3.63, 3.8) is 0 Å². The number of aryl methyl sites for hydroxylation is 2. The van der Waals surface area contributed by atoms with Gasteiger partial charge >= 0.3 is 0 Å². The van der Waals surface area contributed by atoms with Gasteiger partial charge in [0.15, 0.2) is 0 Å². The number of hydrogen-bond donors (Lipinski definition) is 1. The second-order valence-electron chi connectivity index (χ2n) is 5.02. The maximum Gasteiger partial charge on any atom is 0.265 e. The average molecular weight is 276 g/mol. The lowest BCUT2D eigenvalue weighted by Gasteiger charge is -2.23. The third-order valence-electron chi connectivity index (χ3n) is 3.24. The standard InChI is InChI=1S/C16H18F2N2/c1-10-6-11(2)8-13(7-10)20(3)15-5-4-12(19)9-14(15)16(17)18/h4-9,16H,19H2,1-3H3. The van der Waals surface area contributed by atoms with E-state index in [9.17, 15) is 8.78 Å². The van der Waals surface area contributed by atoms with Crippen LogP contribution in [0.25, 0.3) is 0 Å². The van der Waals surface area contributed by atoms with Crippen molar-refractivity contribution in [3.8, 4) is 0 Å². The quantitative estimate of drug-likeness (QED) is 0.831. The largest absolute Gasteiger partial charge is 0.399 e. The molecule has 2 aromatic carbocycles. The molecule has 2 nitrogen and oxygen atoms in total. The molecule has 2 aromatic rings. The second kappa shape index (κ2) is 5.49. The van der Waals surface area contributed by atoms with Crippen molar-refractivity contribution in [3.05, 3.63) is 53.1 Å². The molecule has 0 amide bonds. The molecular formula is C16H18F2N2. The first-order valence-corrected chi connectivity index (χ1v) is 6.38. The molecule has 0 atom stereocenters. The van der Waals surface area contributed by atoms with E-state index in [1.54, 1.807) is 24.1 Å². The van der Waals surface area contributed by atoms with Crippen molar-refractivity contribution in [1.82, 2.24) is 0 Å². The molecule has 0 unspecified atom stereocenters. The molecule has 0 heterocycles. The molecule has 0 saturated heterocycles. The summed E-state index contributed by atoms with van der Waals surface area (Å²) < 4.78 is 26.3. The highest BCUT2D eigenvalue weighted by Crippen LogP contribution is 2.35. The van der Waals surface area contributed by atoms with Crippen LogP contribution in [0.5, 0.6) is 0 Å². The summed E-state index contributed by atoms with van der Waals surface area (Å²) in [4.78, 5) is 1.76. The Kier molecular flexibility index (Phi) is 3.93. The molecule has 20 heavy (non-hydrogen) atoms. The van der Waals surface area contributed by atoms with E-state index in [-0.39, 0.29) is 5.56 Å². The lowest BCUT2D eigenvalue weighted by atomic mass is 10.1. The molecule has 2 rings (SSSR count). The van der Waals surface area contributed by atoms with Gasteiger partial charge in [-0.1, -0.05) is 6.07 Å². The van der Waals surface area contributed by atoms with Gasteiger partial charge in [-0.3, -0.25) is 0 Å². The van der Waals surface area contributed by atoms with Crippen LogP contribution >= 0.6 is 0 Å².